The summed E-state index contributed by atoms with van der Waals surface area (Å²) in [4.78, 5) is 15.8. The van der Waals surface area contributed by atoms with Gasteiger partial charge in [-0.15, -0.1) is 0 Å². The van der Waals surface area contributed by atoms with Crippen LogP contribution in [0, 0.1) is 6.92 Å². The Morgan fingerprint density at radius 3 is 2.64 bits per heavy atom. The number of nitrogens with zero attached hydrogens (tertiary/aromatic N) is 1. The first kappa shape index (κ1) is 16.7. The number of amides is 1. The molecule has 116 valence electrons. The quantitative estimate of drug-likeness (QED) is 0.788. The molecule has 2 rings (SSSR count). The van der Waals surface area contributed by atoms with Crippen molar-refractivity contribution < 1.29 is 4.79 Å². The number of hydrogen-bond donors (Lipinski definition) is 2. The maximum Gasteiger partial charge on any atom is 0.225 e. The molecule has 0 saturated carbocycles. The third-order valence-corrected chi connectivity index (χ3v) is 3.74. The smallest absolute Gasteiger partial charge is 0.225 e. The Labute approximate surface area is 139 Å². The van der Waals surface area contributed by atoms with Gasteiger partial charge < -0.3 is 10.6 Å². The molecule has 0 atom stereocenters. The van der Waals surface area contributed by atoms with Gasteiger partial charge in [-0.05, 0) is 24.6 Å². The molecule has 1 heterocycles. The van der Waals surface area contributed by atoms with Gasteiger partial charge in [-0.25, -0.2) is 0 Å². The maximum absolute atomic E-state index is 11.9. The molecule has 0 spiro atoms. The average molecular weight is 338 g/mol. The van der Waals surface area contributed by atoms with Gasteiger partial charge in [0, 0.05) is 43.2 Å². The molecule has 0 aliphatic heterocycles. The van der Waals surface area contributed by atoms with Crippen LogP contribution in [0.4, 0.5) is 5.69 Å². The summed E-state index contributed by atoms with van der Waals surface area (Å²) < 4.78 is 0. The highest BCUT2D eigenvalue weighted by Crippen LogP contribution is 2.22. The van der Waals surface area contributed by atoms with Gasteiger partial charge in [0.15, 0.2) is 0 Å². The van der Waals surface area contributed by atoms with Gasteiger partial charge in [0.05, 0.1) is 10.0 Å². The molecule has 0 bridgehead atoms. The molecule has 6 heteroatoms. The van der Waals surface area contributed by atoms with E-state index in [2.05, 4.69) is 15.6 Å². The van der Waals surface area contributed by atoms with Crippen molar-refractivity contribution in [2.75, 3.05) is 11.9 Å². The van der Waals surface area contributed by atoms with Crippen LogP contribution in [0.3, 0.4) is 0 Å². The summed E-state index contributed by atoms with van der Waals surface area (Å²) in [5.41, 5.74) is 2.71. The lowest BCUT2D eigenvalue weighted by Crippen LogP contribution is -2.21. The van der Waals surface area contributed by atoms with Crippen LogP contribution < -0.4 is 10.6 Å². The second-order valence-electron chi connectivity index (χ2n) is 4.93. The summed E-state index contributed by atoms with van der Waals surface area (Å²) >= 11 is 12.1. The zero-order valence-electron chi connectivity index (χ0n) is 12.2. The van der Waals surface area contributed by atoms with Gasteiger partial charge in [-0.1, -0.05) is 35.3 Å². The maximum atomic E-state index is 11.9. The van der Waals surface area contributed by atoms with Crippen molar-refractivity contribution in [1.82, 2.24) is 10.3 Å². The zero-order chi connectivity index (χ0) is 15.9. The van der Waals surface area contributed by atoms with E-state index in [9.17, 15) is 4.79 Å². The van der Waals surface area contributed by atoms with E-state index in [1.165, 1.54) is 0 Å². The lowest BCUT2D eigenvalue weighted by molar-refractivity contribution is -0.116. The van der Waals surface area contributed by atoms with Crippen LogP contribution in [0.2, 0.25) is 10.0 Å². The molecule has 22 heavy (non-hydrogen) atoms. The van der Waals surface area contributed by atoms with E-state index in [4.69, 9.17) is 23.2 Å². The molecule has 1 aromatic heterocycles. The van der Waals surface area contributed by atoms with Crippen molar-refractivity contribution in [2.45, 2.75) is 19.9 Å². The van der Waals surface area contributed by atoms with Gasteiger partial charge in [0.2, 0.25) is 5.91 Å². The lowest BCUT2D eigenvalue weighted by Gasteiger charge is -2.09. The largest absolute Gasteiger partial charge is 0.326 e. The molecule has 0 radical (unpaired) electrons. The average Bonchev–Trinajstić information content (AvgIpc) is 2.46. The van der Waals surface area contributed by atoms with Crippen molar-refractivity contribution >= 4 is 34.8 Å². The van der Waals surface area contributed by atoms with Crippen LogP contribution in [-0.4, -0.2) is 17.4 Å². The summed E-state index contributed by atoms with van der Waals surface area (Å²) in [6.07, 6.45) is 3.47. The van der Waals surface area contributed by atoms with Gasteiger partial charge in [0.25, 0.3) is 0 Å². The lowest BCUT2D eigenvalue weighted by atomic mass is 10.2. The molecular weight excluding hydrogens is 321 g/mol. The van der Waals surface area contributed by atoms with Crippen molar-refractivity contribution in [3.63, 3.8) is 0 Å². The van der Waals surface area contributed by atoms with E-state index in [0.29, 0.717) is 29.6 Å². The number of aryl methyl sites for hydroxylation is 1. The van der Waals surface area contributed by atoms with Crippen LogP contribution in [0.1, 0.15) is 17.5 Å². The van der Waals surface area contributed by atoms with E-state index in [0.717, 1.165) is 16.8 Å². The van der Waals surface area contributed by atoms with Crippen molar-refractivity contribution in [1.29, 1.82) is 0 Å². The van der Waals surface area contributed by atoms with E-state index >= 15 is 0 Å². The topological polar surface area (TPSA) is 54.0 Å². The highest BCUT2D eigenvalue weighted by Gasteiger charge is 2.06. The summed E-state index contributed by atoms with van der Waals surface area (Å²) in [5, 5.41) is 7.05. The highest BCUT2D eigenvalue weighted by atomic mass is 35.5. The van der Waals surface area contributed by atoms with Gasteiger partial charge in [0.1, 0.15) is 0 Å². The van der Waals surface area contributed by atoms with Gasteiger partial charge in [-0.2, -0.15) is 0 Å². The van der Waals surface area contributed by atoms with Crippen LogP contribution in [0.15, 0.2) is 36.7 Å². The van der Waals surface area contributed by atoms with Crippen molar-refractivity contribution in [3.05, 3.63) is 57.8 Å². The van der Waals surface area contributed by atoms with Crippen LogP contribution in [0.25, 0.3) is 0 Å². The normalized spacial score (nSPS) is 10.5. The minimum absolute atomic E-state index is 0.0370. The fraction of sp³-hybridized carbons (Fsp3) is 0.250. The minimum Gasteiger partial charge on any atom is -0.326 e. The molecule has 1 aromatic carbocycles. The fourth-order valence-corrected chi connectivity index (χ4v) is 2.47. The van der Waals surface area contributed by atoms with Crippen molar-refractivity contribution in [3.8, 4) is 0 Å². The fourth-order valence-electron chi connectivity index (χ4n) is 1.97. The van der Waals surface area contributed by atoms with E-state index < -0.39 is 0 Å². The molecule has 4 nitrogen and oxygen atoms in total. The van der Waals surface area contributed by atoms with E-state index in [1.807, 2.05) is 31.2 Å². The second-order valence-corrected chi connectivity index (χ2v) is 5.74. The molecule has 1 amide bonds. The first-order valence-corrected chi connectivity index (χ1v) is 7.67. The SMILES string of the molecule is Cc1cccc(NC(=O)CCNCc2c(Cl)cncc2Cl)c1. The summed E-state index contributed by atoms with van der Waals surface area (Å²) in [7, 11) is 0. The monoisotopic (exact) mass is 337 g/mol. The highest BCUT2D eigenvalue weighted by molar-refractivity contribution is 6.35. The number of rotatable bonds is 6. The van der Waals surface area contributed by atoms with Crippen molar-refractivity contribution in [2.24, 2.45) is 0 Å². The van der Waals surface area contributed by atoms with E-state index in [1.54, 1.807) is 12.4 Å². The number of nitrogens with one attached hydrogen (secondary N) is 2. The Morgan fingerprint density at radius 1 is 1.23 bits per heavy atom. The van der Waals surface area contributed by atoms with Crippen LogP contribution in [0.5, 0.6) is 0 Å². The number of carbonyl (C=O) groups excluding carboxylic acids is 1. The standard InChI is InChI=1S/C16H17Cl2N3O/c1-11-3-2-4-12(7-11)21-16(22)5-6-19-8-13-14(17)9-20-10-15(13)18/h2-4,7,9-10,19H,5-6,8H2,1H3,(H,21,22). The molecule has 0 unspecified atom stereocenters. The number of aromatic nitrogens is 1. The third kappa shape index (κ3) is 4.98. The van der Waals surface area contributed by atoms with Crippen LogP contribution in [-0.2, 0) is 11.3 Å². The summed E-state index contributed by atoms with van der Waals surface area (Å²) in [6.45, 7) is 3.02. The molecule has 0 saturated heterocycles. The third-order valence-electron chi connectivity index (χ3n) is 3.08. The number of pyridine rings is 1. The molecule has 0 aliphatic carbocycles. The zero-order valence-corrected chi connectivity index (χ0v) is 13.7. The summed E-state index contributed by atoms with van der Waals surface area (Å²) in [6, 6.07) is 7.70. The molecular formula is C16H17Cl2N3O. The second kappa shape index (κ2) is 8.13. The van der Waals surface area contributed by atoms with E-state index in [-0.39, 0.29) is 5.91 Å². The number of hydrogen-bond acceptors (Lipinski definition) is 3. The number of anilines is 1. The molecule has 0 fully saturated rings. The molecule has 2 aromatic rings. The van der Waals surface area contributed by atoms with Gasteiger partial charge >= 0.3 is 0 Å². The first-order chi connectivity index (χ1) is 10.6. The Kier molecular flexibility index (Phi) is 6.19. The van der Waals surface area contributed by atoms with Gasteiger partial charge in [-0.3, -0.25) is 9.78 Å². The Morgan fingerprint density at radius 2 is 1.95 bits per heavy atom. The molecule has 2 N–H and O–H groups in total. The minimum atomic E-state index is -0.0370. The number of halogens is 2. The van der Waals surface area contributed by atoms with Crippen LogP contribution >= 0.6 is 23.2 Å². The summed E-state index contributed by atoms with van der Waals surface area (Å²) in [5.74, 6) is -0.0370. The predicted octanol–water partition coefficient (Wildman–Crippen LogP) is 3.82. The Hall–Kier alpha value is -1.62. The first-order valence-electron chi connectivity index (χ1n) is 6.91. The predicted molar refractivity (Wildman–Crippen MR) is 90.4 cm³/mol. The Balaban J connectivity index is 1.76. The number of carbonyl (C=O) groups is 1. The number of benzene rings is 1. The Bertz CT molecular complexity index is 641. The molecule has 0 aliphatic rings.